The molecule has 178 valence electrons. The zero-order valence-corrected chi connectivity index (χ0v) is 20.0. The Morgan fingerprint density at radius 1 is 1.09 bits per heavy atom. The molecule has 2 aromatic rings. The average molecular weight is 493 g/mol. The van der Waals surface area contributed by atoms with Gasteiger partial charge in [0, 0.05) is 23.7 Å². The highest BCUT2D eigenvalue weighted by Crippen LogP contribution is 2.29. The Morgan fingerprint density at radius 3 is 2.42 bits per heavy atom. The number of rotatable bonds is 9. The van der Waals surface area contributed by atoms with Gasteiger partial charge in [-0.3, -0.25) is 14.6 Å². The summed E-state index contributed by atoms with van der Waals surface area (Å²) in [4.78, 5) is 29.2. The lowest BCUT2D eigenvalue weighted by molar-refractivity contribution is -0.131. The number of halogens is 1. The van der Waals surface area contributed by atoms with Crippen molar-refractivity contribution in [3.05, 3.63) is 59.4 Å². The van der Waals surface area contributed by atoms with Gasteiger partial charge in [0.2, 0.25) is 21.8 Å². The van der Waals surface area contributed by atoms with Crippen LogP contribution in [0.4, 0.5) is 0 Å². The number of sulfonamides is 1. The first-order valence-corrected chi connectivity index (χ1v) is 12.8. The third-order valence-corrected chi connectivity index (χ3v) is 7.52. The van der Waals surface area contributed by atoms with Crippen LogP contribution in [-0.4, -0.2) is 37.8 Å². The summed E-state index contributed by atoms with van der Waals surface area (Å²) in [5.41, 5.74) is 0.745. The van der Waals surface area contributed by atoms with Crippen molar-refractivity contribution >= 4 is 33.4 Å². The Bertz CT molecular complexity index is 1040. The van der Waals surface area contributed by atoms with Gasteiger partial charge >= 0.3 is 0 Å². The van der Waals surface area contributed by atoms with E-state index in [1.165, 1.54) is 12.1 Å². The summed E-state index contributed by atoms with van der Waals surface area (Å²) >= 11 is 5.82. The lowest BCUT2D eigenvalue weighted by Crippen LogP contribution is -2.47. The molecule has 1 fully saturated rings. The second-order valence-corrected chi connectivity index (χ2v) is 10.5. The maximum Gasteiger partial charge on any atom is 0.242 e. The van der Waals surface area contributed by atoms with Gasteiger partial charge < -0.3 is 10.6 Å². The Balaban J connectivity index is 1.39. The number of carbonyl (C=O) groups is 2. The van der Waals surface area contributed by atoms with Gasteiger partial charge in [0.1, 0.15) is 6.04 Å². The topological polar surface area (TPSA) is 117 Å². The molecule has 1 saturated carbocycles. The largest absolute Gasteiger partial charge is 0.349 e. The Kier molecular flexibility index (Phi) is 8.82. The molecular weight excluding hydrogens is 464 g/mol. The molecule has 1 atom stereocenters. The highest BCUT2D eigenvalue weighted by Gasteiger charge is 2.29. The van der Waals surface area contributed by atoms with Gasteiger partial charge in [-0.25, -0.2) is 13.1 Å². The van der Waals surface area contributed by atoms with Crippen molar-refractivity contribution in [2.75, 3.05) is 6.54 Å². The van der Waals surface area contributed by atoms with Crippen LogP contribution >= 0.6 is 11.6 Å². The molecule has 8 nitrogen and oxygen atoms in total. The molecule has 1 aromatic heterocycles. The molecule has 33 heavy (non-hydrogen) atoms. The molecule has 0 spiro atoms. The first-order chi connectivity index (χ1) is 15.7. The SMILES string of the molecule is C[C@H](NC(=O)C1CCC(CNS(=O)(=O)c2ccc(Cl)cc2)CC1)C(=O)NCc1ccccn1. The fraction of sp³-hybridized carbons (Fsp3) is 0.435. The van der Waals surface area contributed by atoms with Gasteiger partial charge in [-0.1, -0.05) is 17.7 Å². The van der Waals surface area contributed by atoms with Crippen molar-refractivity contribution in [2.45, 2.75) is 50.1 Å². The van der Waals surface area contributed by atoms with E-state index in [-0.39, 0.29) is 28.5 Å². The molecule has 1 aliphatic carbocycles. The van der Waals surface area contributed by atoms with Crippen LogP contribution in [-0.2, 0) is 26.2 Å². The van der Waals surface area contributed by atoms with Crippen molar-refractivity contribution in [3.63, 3.8) is 0 Å². The first-order valence-electron chi connectivity index (χ1n) is 11.0. The number of nitrogens with zero attached hydrogens (tertiary/aromatic N) is 1. The maximum atomic E-state index is 12.6. The fourth-order valence-corrected chi connectivity index (χ4v) is 5.03. The minimum Gasteiger partial charge on any atom is -0.349 e. The molecule has 0 unspecified atom stereocenters. The number of hydrogen-bond acceptors (Lipinski definition) is 5. The third-order valence-electron chi connectivity index (χ3n) is 5.83. The smallest absolute Gasteiger partial charge is 0.242 e. The molecule has 1 aliphatic rings. The highest BCUT2D eigenvalue weighted by molar-refractivity contribution is 7.89. The Hall–Kier alpha value is -2.49. The van der Waals surface area contributed by atoms with Gasteiger partial charge in [-0.05, 0) is 74.9 Å². The standard InChI is InChI=1S/C23H29ClN4O4S/c1-16(22(29)26-15-20-4-2-3-13-25-20)28-23(30)18-7-5-17(6-8-18)14-27-33(31,32)21-11-9-19(24)10-12-21/h2-4,9-13,16-18,27H,5-8,14-15H2,1H3,(H,26,29)(H,28,30)/t16-,17?,18?/m0/s1. The number of amides is 2. The van der Waals surface area contributed by atoms with Crippen molar-refractivity contribution in [2.24, 2.45) is 11.8 Å². The normalized spacial score (nSPS) is 19.5. The van der Waals surface area contributed by atoms with Crippen LogP contribution in [0.1, 0.15) is 38.3 Å². The van der Waals surface area contributed by atoms with Crippen LogP contribution < -0.4 is 15.4 Å². The predicted molar refractivity (Wildman–Crippen MR) is 126 cm³/mol. The van der Waals surface area contributed by atoms with E-state index in [9.17, 15) is 18.0 Å². The summed E-state index contributed by atoms with van der Waals surface area (Å²) in [7, 11) is -3.59. The highest BCUT2D eigenvalue weighted by atomic mass is 35.5. The molecule has 2 amide bonds. The number of hydrogen-bond donors (Lipinski definition) is 3. The zero-order valence-electron chi connectivity index (χ0n) is 18.5. The second kappa shape index (κ2) is 11.6. The fourth-order valence-electron chi connectivity index (χ4n) is 3.78. The minimum absolute atomic E-state index is 0.143. The van der Waals surface area contributed by atoms with Crippen LogP contribution in [0.3, 0.4) is 0 Å². The second-order valence-electron chi connectivity index (χ2n) is 8.29. The van der Waals surface area contributed by atoms with E-state index in [0.29, 0.717) is 31.0 Å². The van der Waals surface area contributed by atoms with E-state index in [1.54, 1.807) is 31.3 Å². The Morgan fingerprint density at radius 2 is 1.79 bits per heavy atom. The van der Waals surface area contributed by atoms with Gasteiger partial charge in [-0.15, -0.1) is 0 Å². The number of nitrogens with one attached hydrogen (secondary N) is 3. The van der Waals surface area contributed by atoms with Gasteiger partial charge in [0.05, 0.1) is 17.1 Å². The van der Waals surface area contributed by atoms with Crippen molar-refractivity contribution in [1.82, 2.24) is 20.3 Å². The predicted octanol–water partition coefficient (Wildman–Crippen LogP) is 2.64. The van der Waals surface area contributed by atoms with Crippen molar-refractivity contribution in [3.8, 4) is 0 Å². The van der Waals surface area contributed by atoms with E-state index >= 15 is 0 Å². The molecule has 0 radical (unpaired) electrons. The monoisotopic (exact) mass is 492 g/mol. The molecule has 3 rings (SSSR count). The third kappa shape index (κ3) is 7.52. The lowest BCUT2D eigenvalue weighted by Gasteiger charge is -2.28. The summed E-state index contributed by atoms with van der Waals surface area (Å²) in [6.45, 7) is 2.28. The van der Waals surface area contributed by atoms with Gasteiger partial charge in [-0.2, -0.15) is 0 Å². The maximum absolute atomic E-state index is 12.6. The van der Waals surface area contributed by atoms with E-state index in [0.717, 1.165) is 18.5 Å². The minimum atomic E-state index is -3.59. The molecule has 0 bridgehead atoms. The summed E-state index contributed by atoms with van der Waals surface area (Å²) in [5.74, 6) is -0.426. The molecule has 1 heterocycles. The van der Waals surface area contributed by atoms with E-state index in [4.69, 9.17) is 11.6 Å². The van der Waals surface area contributed by atoms with Crippen molar-refractivity contribution in [1.29, 1.82) is 0 Å². The molecule has 10 heteroatoms. The Labute approximate surface area is 199 Å². The molecule has 1 aromatic carbocycles. The average Bonchev–Trinajstić information content (AvgIpc) is 2.82. The van der Waals surface area contributed by atoms with Gasteiger partial charge in [0.25, 0.3) is 0 Å². The van der Waals surface area contributed by atoms with Crippen LogP contribution in [0.2, 0.25) is 5.02 Å². The number of carbonyl (C=O) groups excluding carboxylic acids is 2. The quantitative estimate of drug-likeness (QED) is 0.497. The van der Waals surface area contributed by atoms with Crippen LogP contribution in [0.5, 0.6) is 0 Å². The summed E-state index contributed by atoms with van der Waals surface area (Å²) in [6, 6.07) is 10.8. The molecule has 3 N–H and O–H groups in total. The molecular formula is C23H29ClN4O4S. The summed E-state index contributed by atoms with van der Waals surface area (Å²) in [6.07, 6.45) is 4.44. The van der Waals surface area contributed by atoms with Crippen LogP contribution in [0.25, 0.3) is 0 Å². The zero-order chi connectivity index (χ0) is 23.8. The summed E-state index contributed by atoms with van der Waals surface area (Å²) < 4.78 is 27.5. The number of aromatic nitrogens is 1. The van der Waals surface area contributed by atoms with Gasteiger partial charge in [0.15, 0.2) is 0 Å². The van der Waals surface area contributed by atoms with E-state index in [1.807, 2.05) is 12.1 Å². The first kappa shape index (κ1) is 25.1. The summed E-state index contributed by atoms with van der Waals surface area (Å²) in [5, 5.41) is 6.04. The van der Waals surface area contributed by atoms with E-state index in [2.05, 4.69) is 20.3 Å². The van der Waals surface area contributed by atoms with Crippen LogP contribution in [0, 0.1) is 11.8 Å². The van der Waals surface area contributed by atoms with Crippen molar-refractivity contribution < 1.29 is 18.0 Å². The van der Waals surface area contributed by atoms with E-state index < -0.39 is 16.1 Å². The lowest BCUT2D eigenvalue weighted by atomic mass is 9.81. The van der Waals surface area contributed by atoms with Crippen LogP contribution in [0.15, 0.2) is 53.6 Å². The number of benzene rings is 1. The number of pyridine rings is 1. The molecule has 0 saturated heterocycles. The molecule has 0 aliphatic heterocycles.